The van der Waals surface area contributed by atoms with E-state index < -0.39 is 0 Å². The molecule has 4 heteroatoms. The van der Waals surface area contributed by atoms with Crippen molar-refractivity contribution in [2.24, 2.45) is 0 Å². The van der Waals surface area contributed by atoms with E-state index in [2.05, 4.69) is 0 Å². The van der Waals surface area contributed by atoms with Crippen LogP contribution in [0.1, 0.15) is 21.7 Å². The second-order valence-electron chi connectivity index (χ2n) is 5.39. The van der Waals surface area contributed by atoms with Gasteiger partial charge in [-0.1, -0.05) is 30.3 Å². The topological polar surface area (TPSA) is 52.6 Å². The van der Waals surface area contributed by atoms with Gasteiger partial charge in [0, 0.05) is 5.39 Å². The number of carbonyl (C=O) groups is 1. The molecular weight excluding hydrogens is 304 g/mol. The third kappa shape index (κ3) is 2.70. The average molecular weight is 318 g/mol. The molecular formula is C20H14O4. The second kappa shape index (κ2) is 6.08. The number of ether oxygens (including phenoxy) is 1. The molecule has 0 amide bonds. The number of furan rings is 2. The first-order valence-corrected chi connectivity index (χ1v) is 7.57. The molecule has 0 N–H and O–H groups in total. The van der Waals surface area contributed by atoms with Crippen molar-refractivity contribution in [2.45, 2.75) is 6.61 Å². The van der Waals surface area contributed by atoms with Crippen molar-refractivity contribution in [1.82, 2.24) is 0 Å². The fourth-order valence-electron chi connectivity index (χ4n) is 2.56. The van der Waals surface area contributed by atoms with E-state index in [9.17, 15) is 4.79 Å². The predicted molar refractivity (Wildman–Crippen MR) is 89.1 cm³/mol. The number of benzene rings is 2. The van der Waals surface area contributed by atoms with Crippen LogP contribution in [0.25, 0.3) is 11.0 Å². The molecule has 2 heterocycles. The minimum Gasteiger partial charge on any atom is -0.489 e. The van der Waals surface area contributed by atoms with Gasteiger partial charge in [-0.15, -0.1) is 0 Å². The van der Waals surface area contributed by atoms with Gasteiger partial charge in [0.15, 0.2) is 5.76 Å². The summed E-state index contributed by atoms with van der Waals surface area (Å²) < 4.78 is 16.5. The highest BCUT2D eigenvalue weighted by atomic mass is 16.5. The normalized spacial score (nSPS) is 10.8. The minimum absolute atomic E-state index is 0.209. The molecule has 0 saturated carbocycles. The third-order valence-electron chi connectivity index (χ3n) is 3.78. The summed E-state index contributed by atoms with van der Waals surface area (Å²) in [4.78, 5) is 12.5. The van der Waals surface area contributed by atoms with E-state index in [-0.39, 0.29) is 11.5 Å². The van der Waals surface area contributed by atoms with E-state index in [0.717, 1.165) is 5.56 Å². The summed E-state index contributed by atoms with van der Waals surface area (Å²) in [6, 6.07) is 18.7. The van der Waals surface area contributed by atoms with Gasteiger partial charge in [-0.05, 0) is 35.9 Å². The minimum atomic E-state index is -0.209. The highest BCUT2D eigenvalue weighted by molar-refractivity contribution is 6.14. The first-order chi connectivity index (χ1) is 11.8. The predicted octanol–water partition coefficient (Wildman–Crippen LogP) is 4.84. The first kappa shape index (κ1) is 14.3. The van der Waals surface area contributed by atoms with Crippen LogP contribution in [-0.2, 0) is 6.61 Å². The third-order valence-corrected chi connectivity index (χ3v) is 3.78. The lowest BCUT2D eigenvalue weighted by Gasteiger charge is -2.06. The van der Waals surface area contributed by atoms with Crippen LogP contribution in [0.4, 0.5) is 0 Å². The van der Waals surface area contributed by atoms with E-state index in [0.29, 0.717) is 28.9 Å². The quantitative estimate of drug-likeness (QED) is 0.494. The highest BCUT2D eigenvalue weighted by Gasteiger charge is 2.18. The number of hydrogen-bond donors (Lipinski definition) is 0. The molecule has 4 aromatic rings. The van der Waals surface area contributed by atoms with E-state index in [1.807, 2.05) is 42.5 Å². The van der Waals surface area contributed by atoms with Crippen molar-refractivity contribution in [3.05, 3.63) is 90.1 Å². The first-order valence-electron chi connectivity index (χ1n) is 7.57. The zero-order valence-corrected chi connectivity index (χ0v) is 12.8. The summed E-state index contributed by atoms with van der Waals surface area (Å²) in [6.45, 7) is 0.464. The molecule has 0 unspecified atom stereocenters. The largest absolute Gasteiger partial charge is 0.489 e. The van der Waals surface area contributed by atoms with Crippen LogP contribution in [-0.4, -0.2) is 5.78 Å². The van der Waals surface area contributed by atoms with Crippen molar-refractivity contribution >= 4 is 16.8 Å². The van der Waals surface area contributed by atoms with Crippen molar-refractivity contribution in [3.8, 4) is 5.75 Å². The smallest absolute Gasteiger partial charge is 0.232 e. The summed E-state index contributed by atoms with van der Waals surface area (Å²) in [5.74, 6) is 0.758. The van der Waals surface area contributed by atoms with E-state index in [4.69, 9.17) is 13.6 Å². The van der Waals surface area contributed by atoms with Crippen LogP contribution in [0.3, 0.4) is 0 Å². The maximum absolute atomic E-state index is 12.5. The zero-order chi connectivity index (χ0) is 16.4. The van der Waals surface area contributed by atoms with Crippen molar-refractivity contribution < 1.29 is 18.4 Å². The Hall–Kier alpha value is -3.27. The van der Waals surface area contributed by atoms with E-state index >= 15 is 0 Å². The Labute approximate surface area is 138 Å². The molecule has 2 aromatic heterocycles. The Morgan fingerprint density at radius 2 is 1.83 bits per heavy atom. The molecule has 0 saturated heterocycles. The van der Waals surface area contributed by atoms with Crippen LogP contribution < -0.4 is 4.74 Å². The van der Waals surface area contributed by atoms with Gasteiger partial charge in [0.1, 0.15) is 24.2 Å². The fourth-order valence-corrected chi connectivity index (χ4v) is 2.56. The van der Waals surface area contributed by atoms with Crippen molar-refractivity contribution in [2.75, 3.05) is 0 Å². The lowest BCUT2D eigenvalue weighted by atomic mass is 10.1. The number of rotatable bonds is 5. The van der Waals surface area contributed by atoms with Gasteiger partial charge in [0.25, 0.3) is 0 Å². The van der Waals surface area contributed by atoms with Gasteiger partial charge >= 0.3 is 0 Å². The lowest BCUT2D eigenvalue weighted by Crippen LogP contribution is -1.98. The molecule has 0 aliphatic heterocycles. The Bertz CT molecular complexity index is 965. The van der Waals surface area contributed by atoms with Crippen LogP contribution in [0, 0.1) is 0 Å². The Morgan fingerprint density at radius 3 is 2.62 bits per heavy atom. The number of fused-ring (bicyclic) bond motifs is 1. The Kier molecular flexibility index (Phi) is 3.63. The van der Waals surface area contributed by atoms with Gasteiger partial charge < -0.3 is 13.6 Å². The molecule has 0 aliphatic carbocycles. The molecule has 118 valence electrons. The number of hydrogen-bond acceptors (Lipinski definition) is 4. The summed E-state index contributed by atoms with van der Waals surface area (Å²) in [5.41, 5.74) is 2.18. The second-order valence-corrected chi connectivity index (χ2v) is 5.39. The molecule has 2 aromatic carbocycles. The Balaban J connectivity index is 1.62. The average Bonchev–Trinajstić information content (AvgIpc) is 3.30. The van der Waals surface area contributed by atoms with Gasteiger partial charge in [0.2, 0.25) is 5.78 Å². The van der Waals surface area contributed by atoms with Gasteiger partial charge in [-0.25, -0.2) is 0 Å². The van der Waals surface area contributed by atoms with Gasteiger partial charge in [-0.2, -0.15) is 0 Å². The lowest BCUT2D eigenvalue weighted by molar-refractivity contribution is 0.101. The standard InChI is InChI=1S/C20H14O4/c21-20(19-7-4-10-22-19)17-13-24-18-9-8-15(11-16(17)18)23-12-14-5-2-1-3-6-14/h1-11,13H,12H2. The molecule has 0 bridgehead atoms. The summed E-state index contributed by atoms with van der Waals surface area (Å²) in [6.07, 6.45) is 2.93. The van der Waals surface area contributed by atoms with Gasteiger partial charge in [-0.3, -0.25) is 4.79 Å². The summed E-state index contributed by atoms with van der Waals surface area (Å²) in [7, 11) is 0. The SMILES string of the molecule is O=C(c1ccco1)c1coc2ccc(OCc3ccccc3)cc12. The molecule has 0 atom stereocenters. The molecule has 0 aliphatic rings. The molecule has 4 nitrogen and oxygen atoms in total. The van der Waals surface area contributed by atoms with Crippen LogP contribution >= 0.6 is 0 Å². The molecule has 24 heavy (non-hydrogen) atoms. The Morgan fingerprint density at radius 1 is 0.958 bits per heavy atom. The number of ketones is 1. The summed E-state index contributed by atoms with van der Waals surface area (Å²) >= 11 is 0. The van der Waals surface area contributed by atoms with Gasteiger partial charge in [0.05, 0.1) is 11.8 Å². The number of carbonyl (C=O) groups excluding carboxylic acids is 1. The monoisotopic (exact) mass is 318 g/mol. The summed E-state index contributed by atoms with van der Waals surface area (Å²) in [5, 5.41) is 0.710. The van der Waals surface area contributed by atoms with E-state index in [1.54, 1.807) is 18.2 Å². The highest BCUT2D eigenvalue weighted by Crippen LogP contribution is 2.28. The molecule has 0 fully saturated rings. The molecule has 0 spiro atoms. The van der Waals surface area contributed by atoms with Crippen LogP contribution in [0.5, 0.6) is 5.75 Å². The van der Waals surface area contributed by atoms with Crippen molar-refractivity contribution in [3.63, 3.8) is 0 Å². The maximum Gasteiger partial charge on any atom is 0.232 e. The molecule has 4 rings (SSSR count). The van der Waals surface area contributed by atoms with E-state index in [1.165, 1.54) is 12.5 Å². The van der Waals surface area contributed by atoms with Crippen LogP contribution in [0.15, 0.2) is 82.0 Å². The maximum atomic E-state index is 12.5. The van der Waals surface area contributed by atoms with Crippen molar-refractivity contribution in [1.29, 1.82) is 0 Å². The molecule has 0 radical (unpaired) electrons. The zero-order valence-electron chi connectivity index (χ0n) is 12.8. The van der Waals surface area contributed by atoms with Crippen LogP contribution in [0.2, 0.25) is 0 Å². The fraction of sp³-hybridized carbons (Fsp3) is 0.0500.